The number of likely N-dealkylation sites (tertiary alicyclic amines) is 1. The minimum absolute atomic E-state index is 0.201. The first-order chi connectivity index (χ1) is 14.4. The van der Waals surface area contributed by atoms with Crippen LogP contribution in [-0.4, -0.2) is 57.0 Å². The maximum absolute atomic E-state index is 13.2. The van der Waals surface area contributed by atoms with Crippen molar-refractivity contribution in [3.63, 3.8) is 0 Å². The number of benzene rings is 1. The Morgan fingerprint density at radius 3 is 2.80 bits per heavy atom. The number of amides is 2. The fourth-order valence-corrected chi connectivity index (χ4v) is 3.63. The summed E-state index contributed by atoms with van der Waals surface area (Å²) in [5.41, 5.74) is 7.32. The number of halogens is 1. The minimum Gasteiger partial charge on any atom is -0.391 e. The molecule has 1 fully saturated rings. The monoisotopic (exact) mass is 411 g/mol. The molecule has 3 heterocycles. The number of carbonyl (C=O) groups excluding carboxylic acids is 2. The van der Waals surface area contributed by atoms with Crippen molar-refractivity contribution in [1.29, 1.82) is 0 Å². The molecule has 9 heteroatoms. The summed E-state index contributed by atoms with van der Waals surface area (Å²) in [7, 11) is 0. The lowest BCUT2D eigenvalue weighted by Crippen LogP contribution is -2.49. The molecule has 0 aliphatic carbocycles. The van der Waals surface area contributed by atoms with Gasteiger partial charge in [0.25, 0.3) is 5.91 Å². The number of hydrogen-bond acceptors (Lipinski definition) is 5. The fourth-order valence-electron chi connectivity index (χ4n) is 3.63. The Labute approximate surface area is 171 Å². The molecule has 156 valence electrons. The molecule has 0 saturated carbocycles. The zero-order valence-electron chi connectivity index (χ0n) is 16.1. The Morgan fingerprint density at radius 1 is 1.33 bits per heavy atom. The van der Waals surface area contributed by atoms with Crippen LogP contribution in [0.3, 0.4) is 0 Å². The number of anilines is 1. The minimum atomic E-state index is -0.858. The number of β-amino-alcohol motifs (C(OH)–C–C–N with tert-alkyl or cyclic N) is 1. The number of aliphatic hydroxyl groups excluding tert-OH is 1. The Bertz CT molecular complexity index is 1080. The highest BCUT2D eigenvalue weighted by Gasteiger charge is 2.31. The molecule has 2 atom stereocenters. The van der Waals surface area contributed by atoms with Gasteiger partial charge in [0.15, 0.2) is 0 Å². The first-order valence-corrected chi connectivity index (χ1v) is 9.65. The molecule has 3 aromatic rings. The van der Waals surface area contributed by atoms with Crippen LogP contribution in [0.1, 0.15) is 22.5 Å². The maximum Gasteiger partial charge on any atom is 0.268 e. The van der Waals surface area contributed by atoms with Crippen LogP contribution in [0.5, 0.6) is 0 Å². The van der Waals surface area contributed by atoms with E-state index in [9.17, 15) is 19.1 Å². The SMILES string of the molecule is Nc1cc2cc(C(=O)N[C@@H](Cc3ccc(F)cc3)C(=O)N3CC[C@@H](O)C3)[nH]c2cn1. The number of nitrogens with zero attached hydrogens (tertiary/aromatic N) is 2. The van der Waals surface area contributed by atoms with E-state index in [4.69, 9.17) is 5.73 Å². The van der Waals surface area contributed by atoms with E-state index >= 15 is 0 Å². The van der Waals surface area contributed by atoms with Crippen molar-refractivity contribution in [2.75, 3.05) is 18.8 Å². The van der Waals surface area contributed by atoms with E-state index < -0.39 is 18.1 Å². The number of H-pyrrole nitrogens is 1. The number of aromatic nitrogens is 2. The average Bonchev–Trinajstić information content (AvgIpc) is 3.34. The summed E-state index contributed by atoms with van der Waals surface area (Å²) in [5.74, 6) is -0.777. The molecule has 0 bridgehead atoms. The zero-order valence-corrected chi connectivity index (χ0v) is 16.1. The van der Waals surface area contributed by atoms with Gasteiger partial charge >= 0.3 is 0 Å². The summed E-state index contributed by atoms with van der Waals surface area (Å²) in [4.78, 5) is 34.4. The quantitative estimate of drug-likeness (QED) is 0.503. The largest absolute Gasteiger partial charge is 0.391 e. The standard InChI is InChI=1S/C21H22FN5O3/c22-14-3-1-12(2-4-14)7-17(21(30)27-6-5-15(28)11-27)26-20(29)16-8-13-9-19(23)24-10-18(13)25-16/h1-4,8-10,15,17,25,28H,5-7,11H2,(H2,23,24)(H,26,29)/t15-,17+/m1/s1. The number of carbonyl (C=O) groups is 2. The predicted octanol–water partition coefficient (Wildman–Crippen LogP) is 1.22. The molecule has 0 radical (unpaired) electrons. The Balaban J connectivity index is 1.56. The molecule has 2 amide bonds. The second-order valence-corrected chi connectivity index (χ2v) is 7.46. The third kappa shape index (κ3) is 4.25. The van der Waals surface area contributed by atoms with Gasteiger partial charge in [-0.25, -0.2) is 9.37 Å². The number of rotatable bonds is 5. The summed E-state index contributed by atoms with van der Waals surface area (Å²) in [6.45, 7) is 0.652. The van der Waals surface area contributed by atoms with Gasteiger partial charge in [0, 0.05) is 24.9 Å². The maximum atomic E-state index is 13.2. The van der Waals surface area contributed by atoms with E-state index in [-0.39, 0.29) is 30.4 Å². The second-order valence-electron chi connectivity index (χ2n) is 7.46. The van der Waals surface area contributed by atoms with Crippen LogP contribution in [-0.2, 0) is 11.2 Å². The van der Waals surface area contributed by atoms with Crippen molar-refractivity contribution in [1.82, 2.24) is 20.2 Å². The van der Waals surface area contributed by atoms with Crippen LogP contribution in [0.2, 0.25) is 0 Å². The Hall–Kier alpha value is -3.46. The van der Waals surface area contributed by atoms with Gasteiger partial charge in [-0.3, -0.25) is 9.59 Å². The average molecular weight is 411 g/mol. The third-order valence-corrected chi connectivity index (χ3v) is 5.20. The van der Waals surface area contributed by atoms with E-state index in [1.54, 1.807) is 24.3 Å². The first-order valence-electron chi connectivity index (χ1n) is 9.65. The van der Waals surface area contributed by atoms with Crippen LogP contribution in [0.25, 0.3) is 10.9 Å². The van der Waals surface area contributed by atoms with Gasteiger partial charge in [-0.1, -0.05) is 12.1 Å². The summed E-state index contributed by atoms with van der Waals surface area (Å²) >= 11 is 0. The van der Waals surface area contributed by atoms with Gasteiger partial charge in [-0.05, 0) is 36.2 Å². The summed E-state index contributed by atoms with van der Waals surface area (Å²) < 4.78 is 13.2. The normalized spacial score (nSPS) is 17.3. The van der Waals surface area contributed by atoms with Crippen LogP contribution in [0.15, 0.2) is 42.6 Å². The van der Waals surface area contributed by atoms with Gasteiger partial charge in [0.2, 0.25) is 5.91 Å². The highest BCUT2D eigenvalue weighted by atomic mass is 19.1. The number of aliphatic hydroxyl groups is 1. The Kier molecular flexibility index (Phi) is 5.37. The van der Waals surface area contributed by atoms with E-state index in [0.717, 1.165) is 5.39 Å². The topological polar surface area (TPSA) is 124 Å². The third-order valence-electron chi connectivity index (χ3n) is 5.20. The van der Waals surface area contributed by atoms with Crippen LogP contribution in [0.4, 0.5) is 10.2 Å². The van der Waals surface area contributed by atoms with Crippen LogP contribution < -0.4 is 11.1 Å². The number of nitrogens with one attached hydrogen (secondary N) is 2. The van der Waals surface area contributed by atoms with Gasteiger partial charge in [-0.15, -0.1) is 0 Å². The molecular formula is C21H22FN5O3. The van der Waals surface area contributed by atoms with Crippen LogP contribution >= 0.6 is 0 Å². The number of nitrogens with two attached hydrogens (primary N) is 1. The highest BCUT2D eigenvalue weighted by Crippen LogP contribution is 2.18. The molecule has 1 aliphatic heterocycles. The van der Waals surface area contributed by atoms with Gasteiger partial charge in [0.05, 0.1) is 17.8 Å². The number of aromatic amines is 1. The number of nitrogen functional groups attached to an aromatic ring is 1. The molecule has 5 N–H and O–H groups in total. The van der Waals surface area contributed by atoms with Gasteiger partial charge < -0.3 is 26.0 Å². The van der Waals surface area contributed by atoms with Crippen molar-refractivity contribution < 1.29 is 19.1 Å². The Morgan fingerprint density at radius 2 is 2.10 bits per heavy atom. The molecule has 1 aliphatic rings. The molecule has 1 aromatic carbocycles. The molecule has 8 nitrogen and oxygen atoms in total. The molecule has 1 saturated heterocycles. The number of fused-ring (bicyclic) bond motifs is 1. The van der Waals surface area contributed by atoms with E-state index in [2.05, 4.69) is 15.3 Å². The molecular weight excluding hydrogens is 389 g/mol. The molecule has 0 unspecified atom stereocenters. The highest BCUT2D eigenvalue weighted by molar-refractivity contribution is 6.00. The smallest absolute Gasteiger partial charge is 0.268 e. The molecule has 4 rings (SSSR count). The first kappa shape index (κ1) is 19.8. The summed E-state index contributed by atoms with van der Waals surface area (Å²) in [5, 5.41) is 13.3. The van der Waals surface area contributed by atoms with Crippen molar-refractivity contribution in [3.05, 3.63) is 59.7 Å². The van der Waals surface area contributed by atoms with E-state index in [1.807, 2.05) is 0 Å². The number of pyridine rings is 1. The van der Waals surface area contributed by atoms with Crippen molar-refractivity contribution in [2.24, 2.45) is 0 Å². The zero-order chi connectivity index (χ0) is 21.3. The summed E-state index contributed by atoms with van der Waals surface area (Å²) in [6, 6.07) is 8.22. The lowest BCUT2D eigenvalue weighted by atomic mass is 10.0. The van der Waals surface area contributed by atoms with Crippen LogP contribution in [0, 0.1) is 5.82 Å². The number of hydrogen-bond donors (Lipinski definition) is 4. The van der Waals surface area contributed by atoms with Gasteiger partial charge in [0.1, 0.15) is 23.4 Å². The molecule has 0 spiro atoms. The van der Waals surface area contributed by atoms with E-state index in [1.165, 1.54) is 23.2 Å². The van der Waals surface area contributed by atoms with Crippen molar-refractivity contribution in [3.8, 4) is 0 Å². The molecule has 2 aromatic heterocycles. The molecule has 30 heavy (non-hydrogen) atoms. The van der Waals surface area contributed by atoms with E-state index in [0.29, 0.717) is 29.9 Å². The predicted molar refractivity (Wildman–Crippen MR) is 109 cm³/mol. The second kappa shape index (κ2) is 8.11. The van der Waals surface area contributed by atoms with Crippen molar-refractivity contribution in [2.45, 2.75) is 25.0 Å². The fraction of sp³-hybridized carbons (Fsp3) is 0.286. The lowest BCUT2D eigenvalue weighted by molar-refractivity contribution is -0.132. The lowest BCUT2D eigenvalue weighted by Gasteiger charge is -2.24. The summed E-state index contributed by atoms with van der Waals surface area (Å²) in [6.07, 6.45) is 1.67. The van der Waals surface area contributed by atoms with Crippen molar-refractivity contribution >= 4 is 28.5 Å². The van der Waals surface area contributed by atoms with Gasteiger partial charge in [-0.2, -0.15) is 0 Å².